The van der Waals surface area contributed by atoms with Gasteiger partial charge in [-0.15, -0.1) is 0 Å². The first-order valence-corrected chi connectivity index (χ1v) is 7.47. The largest absolute Gasteiger partial charge is 0.376 e. The highest BCUT2D eigenvalue weighted by atomic mass is 16.3. The highest BCUT2D eigenvalue weighted by molar-refractivity contribution is 5.35. The summed E-state index contributed by atoms with van der Waals surface area (Å²) in [6, 6.07) is 17.5. The molecule has 0 saturated heterocycles. The Kier molecular flexibility index (Phi) is 4.42. The first-order valence-electron chi connectivity index (χ1n) is 7.47. The molecule has 1 aliphatic heterocycles. The molecular formula is C18H18N2O3. The number of rotatable bonds is 4. The summed E-state index contributed by atoms with van der Waals surface area (Å²) in [5.41, 5.74) is 2.12. The van der Waals surface area contributed by atoms with E-state index in [0.29, 0.717) is 17.5 Å². The van der Waals surface area contributed by atoms with Crippen LogP contribution in [0.1, 0.15) is 29.1 Å². The number of nitriles is 1. The van der Waals surface area contributed by atoms with Gasteiger partial charge in [0.05, 0.1) is 12.1 Å². The van der Waals surface area contributed by atoms with Crippen molar-refractivity contribution in [3.8, 4) is 6.07 Å². The van der Waals surface area contributed by atoms with E-state index in [1.165, 1.54) is 4.90 Å². The van der Waals surface area contributed by atoms with Crippen LogP contribution < -0.4 is 0 Å². The van der Waals surface area contributed by atoms with Crippen molar-refractivity contribution >= 4 is 0 Å². The summed E-state index contributed by atoms with van der Waals surface area (Å²) in [6.45, 7) is 0. The lowest BCUT2D eigenvalue weighted by Crippen LogP contribution is -2.45. The van der Waals surface area contributed by atoms with Gasteiger partial charge in [0.25, 0.3) is 0 Å². The second-order valence-electron chi connectivity index (χ2n) is 5.65. The fraction of sp³-hybridized carbons (Fsp3) is 0.278. The summed E-state index contributed by atoms with van der Waals surface area (Å²) < 4.78 is 0. The Hall–Kier alpha value is -2.23. The van der Waals surface area contributed by atoms with Gasteiger partial charge in [0.2, 0.25) is 0 Å². The lowest BCUT2D eigenvalue weighted by molar-refractivity contribution is -0.127. The second-order valence-corrected chi connectivity index (χ2v) is 5.65. The van der Waals surface area contributed by atoms with Gasteiger partial charge in [-0.25, -0.2) is 4.90 Å². The summed E-state index contributed by atoms with van der Waals surface area (Å²) in [6.07, 6.45) is -3.10. The Bertz CT molecular complexity index is 685. The van der Waals surface area contributed by atoms with E-state index < -0.39 is 24.6 Å². The molecule has 5 nitrogen and oxygen atoms in total. The van der Waals surface area contributed by atoms with Crippen molar-refractivity contribution < 1.29 is 15.3 Å². The fourth-order valence-electron chi connectivity index (χ4n) is 3.12. The van der Waals surface area contributed by atoms with Gasteiger partial charge in [-0.1, -0.05) is 54.6 Å². The monoisotopic (exact) mass is 310 g/mol. The molecule has 0 saturated carbocycles. The topological polar surface area (TPSA) is 87.7 Å². The van der Waals surface area contributed by atoms with Crippen LogP contribution in [0.3, 0.4) is 0 Å². The van der Waals surface area contributed by atoms with Crippen LogP contribution in [0.15, 0.2) is 54.6 Å². The third-order valence-electron chi connectivity index (χ3n) is 4.28. The Labute approximate surface area is 134 Å². The molecule has 0 aliphatic carbocycles. The van der Waals surface area contributed by atoms with E-state index in [1.54, 1.807) is 24.3 Å². The maximum Gasteiger partial charge on any atom is 0.156 e. The minimum atomic E-state index is -1.33. The molecule has 4 atom stereocenters. The van der Waals surface area contributed by atoms with E-state index in [9.17, 15) is 15.3 Å². The lowest BCUT2D eigenvalue weighted by Gasteiger charge is -2.34. The number of benzene rings is 2. The summed E-state index contributed by atoms with van der Waals surface area (Å²) in [7, 11) is 0. The van der Waals surface area contributed by atoms with Crippen LogP contribution in [-0.4, -0.2) is 32.4 Å². The van der Waals surface area contributed by atoms with E-state index in [2.05, 4.69) is 0 Å². The van der Waals surface area contributed by atoms with Crippen molar-refractivity contribution in [2.24, 2.45) is 0 Å². The van der Waals surface area contributed by atoms with E-state index in [4.69, 9.17) is 5.26 Å². The predicted octanol–water partition coefficient (Wildman–Crippen LogP) is 1.48. The molecule has 1 heterocycles. The van der Waals surface area contributed by atoms with E-state index in [1.807, 2.05) is 36.4 Å². The van der Waals surface area contributed by atoms with Gasteiger partial charge >= 0.3 is 0 Å². The molecule has 0 spiro atoms. The van der Waals surface area contributed by atoms with Crippen LogP contribution >= 0.6 is 0 Å². The van der Waals surface area contributed by atoms with Crippen molar-refractivity contribution in [2.75, 3.05) is 0 Å². The van der Waals surface area contributed by atoms with Crippen LogP contribution in [0.4, 0.5) is 0 Å². The van der Waals surface area contributed by atoms with Crippen molar-refractivity contribution in [1.82, 2.24) is 4.90 Å². The molecule has 0 radical (unpaired) electrons. The van der Waals surface area contributed by atoms with Crippen LogP contribution in [0.5, 0.6) is 0 Å². The average molecular weight is 310 g/mol. The van der Waals surface area contributed by atoms with Gasteiger partial charge in [-0.3, -0.25) is 0 Å². The molecule has 0 aromatic heterocycles. The Morgan fingerprint density at radius 3 is 2.00 bits per heavy atom. The Morgan fingerprint density at radius 1 is 0.957 bits per heavy atom. The van der Waals surface area contributed by atoms with Gasteiger partial charge in [-0.2, -0.15) is 5.26 Å². The van der Waals surface area contributed by atoms with Gasteiger partial charge in [0, 0.05) is 11.1 Å². The first kappa shape index (κ1) is 15.7. The SMILES string of the molecule is N#CC(O)C(Cc1ccccc1)N1C(O)c2ccccc2C1O. The molecule has 0 amide bonds. The summed E-state index contributed by atoms with van der Waals surface area (Å²) in [5, 5.41) is 40.4. The molecule has 1 aliphatic rings. The van der Waals surface area contributed by atoms with Crippen LogP contribution in [-0.2, 0) is 6.42 Å². The van der Waals surface area contributed by atoms with E-state index >= 15 is 0 Å². The zero-order chi connectivity index (χ0) is 16.4. The summed E-state index contributed by atoms with van der Waals surface area (Å²) in [5.74, 6) is 0. The highest BCUT2D eigenvalue weighted by Gasteiger charge is 2.42. The maximum atomic E-state index is 10.5. The number of hydrogen-bond donors (Lipinski definition) is 3. The maximum absolute atomic E-state index is 10.5. The Morgan fingerprint density at radius 2 is 1.48 bits per heavy atom. The zero-order valence-electron chi connectivity index (χ0n) is 12.4. The number of fused-ring (bicyclic) bond motifs is 1. The first-order chi connectivity index (χ1) is 11.1. The second kappa shape index (κ2) is 6.49. The number of hydrogen-bond acceptors (Lipinski definition) is 5. The molecule has 2 aromatic rings. The van der Waals surface area contributed by atoms with Crippen molar-refractivity contribution in [3.05, 3.63) is 71.3 Å². The van der Waals surface area contributed by atoms with Gasteiger partial charge < -0.3 is 15.3 Å². The normalized spacial score (nSPS) is 23.0. The van der Waals surface area contributed by atoms with Gasteiger partial charge in [0.1, 0.15) is 12.5 Å². The zero-order valence-corrected chi connectivity index (χ0v) is 12.4. The fourth-order valence-corrected chi connectivity index (χ4v) is 3.12. The van der Waals surface area contributed by atoms with Crippen LogP contribution in [0.2, 0.25) is 0 Å². The van der Waals surface area contributed by atoms with Crippen LogP contribution in [0.25, 0.3) is 0 Å². The summed E-state index contributed by atoms with van der Waals surface area (Å²) in [4.78, 5) is 1.39. The molecule has 4 unspecified atom stereocenters. The van der Waals surface area contributed by atoms with Gasteiger partial charge in [-0.05, 0) is 12.0 Å². The van der Waals surface area contributed by atoms with E-state index in [0.717, 1.165) is 5.56 Å². The number of nitrogens with zero attached hydrogens (tertiary/aromatic N) is 2. The van der Waals surface area contributed by atoms with Crippen LogP contribution in [0, 0.1) is 11.3 Å². The lowest BCUT2D eigenvalue weighted by atomic mass is 10.00. The third kappa shape index (κ3) is 2.85. The molecule has 2 aromatic carbocycles. The molecule has 0 bridgehead atoms. The molecule has 118 valence electrons. The molecule has 3 rings (SSSR count). The smallest absolute Gasteiger partial charge is 0.156 e. The van der Waals surface area contributed by atoms with Crippen molar-refractivity contribution in [3.63, 3.8) is 0 Å². The van der Waals surface area contributed by atoms with E-state index in [-0.39, 0.29) is 0 Å². The molecule has 0 fully saturated rings. The Balaban J connectivity index is 1.94. The standard InChI is InChI=1S/C18H18N2O3/c19-11-16(21)15(10-12-6-2-1-3-7-12)20-17(22)13-8-4-5-9-14(13)18(20)23/h1-9,15-18,21-23H,10H2. The van der Waals surface area contributed by atoms with Gasteiger partial charge in [0.15, 0.2) is 6.10 Å². The van der Waals surface area contributed by atoms with Crippen molar-refractivity contribution in [2.45, 2.75) is 31.0 Å². The minimum absolute atomic E-state index is 0.345. The third-order valence-corrected chi connectivity index (χ3v) is 4.28. The minimum Gasteiger partial charge on any atom is -0.376 e. The number of aliphatic hydroxyl groups excluding tert-OH is 3. The molecular weight excluding hydrogens is 292 g/mol. The number of aliphatic hydroxyl groups is 3. The van der Waals surface area contributed by atoms with Crippen molar-refractivity contribution in [1.29, 1.82) is 5.26 Å². The molecule has 23 heavy (non-hydrogen) atoms. The average Bonchev–Trinajstić information content (AvgIpc) is 2.85. The summed E-state index contributed by atoms with van der Waals surface area (Å²) >= 11 is 0. The quantitative estimate of drug-likeness (QED) is 0.745. The molecule has 3 N–H and O–H groups in total. The highest BCUT2D eigenvalue weighted by Crippen LogP contribution is 2.41. The molecule has 5 heteroatoms. The predicted molar refractivity (Wildman–Crippen MR) is 83.8 cm³/mol.